The Morgan fingerprint density at radius 3 is 2.27 bits per heavy atom. The lowest BCUT2D eigenvalue weighted by molar-refractivity contribution is 0.216. The highest BCUT2D eigenvalue weighted by Crippen LogP contribution is 2.42. The van der Waals surface area contributed by atoms with Gasteiger partial charge in [-0.05, 0) is 57.8 Å². The summed E-state index contributed by atoms with van der Waals surface area (Å²) in [7, 11) is 0. The summed E-state index contributed by atoms with van der Waals surface area (Å²) in [6.07, 6.45) is 9.94. The third-order valence-corrected chi connectivity index (χ3v) is 3.51. The quantitative estimate of drug-likeness (QED) is 0.601. The van der Waals surface area contributed by atoms with Crippen molar-refractivity contribution < 1.29 is 5.11 Å². The van der Waals surface area contributed by atoms with Gasteiger partial charge in [0.2, 0.25) is 0 Å². The van der Waals surface area contributed by atoms with Crippen LogP contribution in [0.4, 0.5) is 0 Å². The van der Waals surface area contributed by atoms with E-state index in [0.29, 0.717) is 0 Å². The van der Waals surface area contributed by atoms with Gasteiger partial charge in [0.25, 0.3) is 0 Å². The van der Waals surface area contributed by atoms with E-state index in [4.69, 9.17) is 5.11 Å². The standard InChI is InChI=1S/C11H18.C3H8O/c1-9-5-4-7-10-6-2-3-8-11(9)10;1-3(2)4/h10-11H,1-8H2;3-4H,1-2H3/t10?,11-;/m0./s1. The maximum atomic E-state index is 8.06. The van der Waals surface area contributed by atoms with Crippen molar-refractivity contribution >= 4 is 0 Å². The zero-order valence-corrected chi connectivity index (χ0v) is 10.3. The van der Waals surface area contributed by atoms with Gasteiger partial charge in [0, 0.05) is 6.10 Å². The monoisotopic (exact) mass is 210 g/mol. The minimum atomic E-state index is -0.167. The largest absolute Gasteiger partial charge is 0.394 e. The van der Waals surface area contributed by atoms with Gasteiger partial charge in [0.15, 0.2) is 0 Å². The molecule has 2 rings (SSSR count). The Labute approximate surface area is 94.6 Å². The van der Waals surface area contributed by atoms with Crippen molar-refractivity contribution in [1.82, 2.24) is 0 Å². The molecule has 1 heteroatoms. The van der Waals surface area contributed by atoms with Crippen molar-refractivity contribution in [2.75, 3.05) is 0 Å². The van der Waals surface area contributed by atoms with Crippen molar-refractivity contribution in [3.8, 4) is 0 Å². The van der Waals surface area contributed by atoms with Crippen LogP contribution in [0.25, 0.3) is 0 Å². The predicted octanol–water partition coefficient (Wildman–Crippen LogP) is 3.92. The van der Waals surface area contributed by atoms with Gasteiger partial charge < -0.3 is 5.11 Å². The molecule has 88 valence electrons. The maximum absolute atomic E-state index is 8.06. The molecule has 0 amide bonds. The number of hydrogen-bond donors (Lipinski definition) is 1. The van der Waals surface area contributed by atoms with E-state index in [1.54, 1.807) is 19.4 Å². The number of aliphatic hydroxyl groups excluding tert-OH is 1. The fraction of sp³-hybridized carbons (Fsp3) is 0.857. The Kier molecular flexibility index (Phi) is 5.38. The lowest BCUT2D eigenvalue weighted by Crippen LogP contribution is -2.24. The molecule has 0 saturated heterocycles. The third kappa shape index (κ3) is 4.38. The first-order chi connectivity index (χ1) is 7.11. The normalized spacial score (nSPS) is 30.5. The van der Waals surface area contributed by atoms with Crippen LogP contribution in [0.2, 0.25) is 0 Å². The summed E-state index contributed by atoms with van der Waals surface area (Å²) in [6, 6.07) is 0. The summed E-state index contributed by atoms with van der Waals surface area (Å²) in [5.41, 5.74) is 1.57. The van der Waals surface area contributed by atoms with Crippen LogP contribution >= 0.6 is 0 Å². The van der Waals surface area contributed by atoms with Crippen LogP contribution in [0.3, 0.4) is 0 Å². The smallest absolute Gasteiger partial charge is 0.0483 e. The van der Waals surface area contributed by atoms with E-state index in [-0.39, 0.29) is 6.10 Å². The topological polar surface area (TPSA) is 20.2 Å². The molecule has 2 aliphatic rings. The van der Waals surface area contributed by atoms with Gasteiger partial charge >= 0.3 is 0 Å². The van der Waals surface area contributed by atoms with E-state index in [2.05, 4.69) is 6.58 Å². The van der Waals surface area contributed by atoms with Crippen molar-refractivity contribution in [2.24, 2.45) is 11.8 Å². The molecule has 0 spiro atoms. The predicted molar refractivity (Wildman–Crippen MR) is 65.8 cm³/mol. The molecule has 1 nitrogen and oxygen atoms in total. The minimum Gasteiger partial charge on any atom is -0.394 e. The number of allylic oxidation sites excluding steroid dienone is 1. The Morgan fingerprint density at radius 1 is 1.13 bits per heavy atom. The molecule has 0 aromatic rings. The van der Waals surface area contributed by atoms with Gasteiger partial charge in [-0.2, -0.15) is 0 Å². The second-order valence-electron chi connectivity index (χ2n) is 5.30. The average Bonchev–Trinajstić information content (AvgIpc) is 2.18. The molecule has 2 atom stereocenters. The molecule has 2 saturated carbocycles. The first-order valence-electron chi connectivity index (χ1n) is 6.47. The Bertz CT molecular complexity index is 191. The SMILES string of the molecule is C=C1CCCC2CCCC[C@@H]12.CC(C)O. The summed E-state index contributed by atoms with van der Waals surface area (Å²) in [4.78, 5) is 0. The lowest BCUT2D eigenvalue weighted by atomic mass is 9.69. The second-order valence-corrected chi connectivity index (χ2v) is 5.30. The van der Waals surface area contributed by atoms with Gasteiger partial charge in [-0.25, -0.2) is 0 Å². The molecule has 0 aromatic carbocycles. The molecule has 0 heterocycles. The maximum Gasteiger partial charge on any atom is 0.0483 e. The van der Waals surface area contributed by atoms with Crippen LogP contribution in [0, 0.1) is 11.8 Å². The van der Waals surface area contributed by atoms with Gasteiger partial charge in [0.1, 0.15) is 0 Å². The minimum absolute atomic E-state index is 0.167. The fourth-order valence-corrected chi connectivity index (χ4v) is 2.87. The number of rotatable bonds is 0. The highest BCUT2D eigenvalue weighted by molar-refractivity contribution is 5.07. The molecule has 1 unspecified atom stereocenters. The van der Waals surface area contributed by atoms with Gasteiger partial charge in [-0.15, -0.1) is 0 Å². The highest BCUT2D eigenvalue weighted by Gasteiger charge is 2.29. The molecule has 0 radical (unpaired) electrons. The van der Waals surface area contributed by atoms with Crippen molar-refractivity contribution in [1.29, 1.82) is 0 Å². The Hall–Kier alpha value is -0.300. The highest BCUT2D eigenvalue weighted by atomic mass is 16.3. The van der Waals surface area contributed by atoms with Gasteiger partial charge in [0.05, 0.1) is 0 Å². The van der Waals surface area contributed by atoms with Crippen molar-refractivity contribution in [2.45, 2.75) is 64.9 Å². The summed E-state index contributed by atoms with van der Waals surface area (Å²) in [5.74, 6) is 1.96. The number of aliphatic hydroxyl groups is 1. The molecule has 0 aromatic heterocycles. The third-order valence-electron chi connectivity index (χ3n) is 3.51. The summed E-state index contributed by atoms with van der Waals surface area (Å²) in [5, 5.41) is 8.06. The van der Waals surface area contributed by atoms with E-state index in [9.17, 15) is 0 Å². The van der Waals surface area contributed by atoms with Crippen molar-refractivity contribution in [3.63, 3.8) is 0 Å². The van der Waals surface area contributed by atoms with Crippen LogP contribution in [-0.2, 0) is 0 Å². The summed E-state index contributed by atoms with van der Waals surface area (Å²) in [6.45, 7) is 7.64. The van der Waals surface area contributed by atoms with Gasteiger partial charge in [-0.1, -0.05) is 25.0 Å². The molecule has 15 heavy (non-hydrogen) atoms. The fourth-order valence-electron chi connectivity index (χ4n) is 2.87. The van der Waals surface area contributed by atoms with E-state index >= 15 is 0 Å². The number of hydrogen-bond acceptors (Lipinski definition) is 1. The lowest BCUT2D eigenvalue weighted by Gasteiger charge is -2.37. The molecule has 2 aliphatic carbocycles. The van der Waals surface area contributed by atoms with Crippen LogP contribution in [0.15, 0.2) is 12.2 Å². The molecule has 0 bridgehead atoms. The zero-order chi connectivity index (χ0) is 11.3. The van der Waals surface area contributed by atoms with Gasteiger partial charge in [-0.3, -0.25) is 0 Å². The first-order valence-corrected chi connectivity index (χ1v) is 6.47. The van der Waals surface area contributed by atoms with E-state index in [0.717, 1.165) is 11.8 Å². The summed E-state index contributed by atoms with van der Waals surface area (Å²) >= 11 is 0. The van der Waals surface area contributed by atoms with E-state index < -0.39 is 0 Å². The zero-order valence-electron chi connectivity index (χ0n) is 10.3. The Balaban J connectivity index is 0.000000245. The number of fused-ring (bicyclic) bond motifs is 1. The average molecular weight is 210 g/mol. The van der Waals surface area contributed by atoms with Crippen LogP contribution < -0.4 is 0 Å². The molecule has 0 aliphatic heterocycles. The van der Waals surface area contributed by atoms with Crippen LogP contribution in [0.1, 0.15) is 58.8 Å². The van der Waals surface area contributed by atoms with E-state index in [1.165, 1.54) is 44.9 Å². The van der Waals surface area contributed by atoms with Crippen LogP contribution in [-0.4, -0.2) is 11.2 Å². The molecular formula is C14H26O. The van der Waals surface area contributed by atoms with Crippen LogP contribution in [0.5, 0.6) is 0 Å². The molecular weight excluding hydrogens is 184 g/mol. The summed E-state index contributed by atoms with van der Waals surface area (Å²) < 4.78 is 0. The Morgan fingerprint density at radius 2 is 1.67 bits per heavy atom. The van der Waals surface area contributed by atoms with E-state index in [1.807, 2.05) is 0 Å². The first kappa shape index (κ1) is 12.8. The van der Waals surface area contributed by atoms with Crippen molar-refractivity contribution in [3.05, 3.63) is 12.2 Å². The molecule has 1 N–H and O–H groups in total. The molecule has 2 fully saturated rings. The second kappa shape index (κ2) is 6.32.